The van der Waals surface area contributed by atoms with Gasteiger partial charge in [0.05, 0.1) is 5.69 Å². The van der Waals surface area contributed by atoms with Crippen molar-refractivity contribution in [1.82, 2.24) is 14.8 Å². The largest absolute Gasteiger partial charge is 0.453 e. The Morgan fingerprint density at radius 3 is 2.14 bits per heavy atom. The standard InChI is InChI=1S/C16H9F6N3O2S/c1-28(26,27)13-5-3-9(7-12(13)19)25-14(23-15(24-25)16(20,21)22)8-2-4-10(17)11(18)6-8/h2-7H,1H3. The topological polar surface area (TPSA) is 64.8 Å². The maximum atomic E-state index is 14.2. The van der Waals surface area contributed by atoms with Crippen LogP contribution in [0.3, 0.4) is 0 Å². The van der Waals surface area contributed by atoms with Gasteiger partial charge in [-0.25, -0.2) is 31.3 Å². The fraction of sp³-hybridized carbons (Fsp3) is 0.125. The Kier molecular flexibility index (Phi) is 4.69. The fourth-order valence-electron chi connectivity index (χ4n) is 2.36. The van der Waals surface area contributed by atoms with Crippen molar-refractivity contribution in [2.24, 2.45) is 0 Å². The van der Waals surface area contributed by atoms with E-state index in [9.17, 15) is 34.8 Å². The van der Waals surface area contributed by atoms with E-state index >= 15 is 0 Å². The first kappa shape index (κ1) is 19.9. The highest BCUT2D eigenvalue weighted by Crippen LogP contribution is 2.31. The zero-order valence-corrected chi connectivity index (χ0v) is 14.6. The van der Waals surface area contributed by atoms with Gasteiger partial charge in [-0.2, -0.15) is 13.2 Å². The number of rotatable bonds is 3. The molecule has 148 valence electrons. The Morgan fingerprint density at radius 1 is 0.929 bits per heavy atom. The fourth-order valence-corrected chi connectivity index (χ4v) is 3.08. The molecule has 12 heteroatoms. The minimum atomic E-state index is -4.97. The summed E-state index contributed by atoms with van der Waals surface area (Å²) in [7, 11) is -3.91. The molecule has 28 heavy (non-hydrogen) atoms. The van der Waals surface area contributed by atoms with Gasteiger partial charge in [0.1, 0.15) is 10.7 Å². The molecule has 0 unspecified atom stereocenters. The Labute approximate surface area is 154 Å². The van der Waals surface area contributed by atoms with E-state index in [4.69, 9.17) is 0 Å². The summed E-state index contributed by atoms with van der Waals surface area (Å²) in [5.41, 5.74) is -0.554. The second-order valence-electron chi connectivity index (χ2n) is 5.68. The average molecular weight is 421 g/mol. The molecule has 0 radical (unpaired) electrons. The van der Waals surface area contributed by atoms with Gasteiger partial charge in [-0.15, -0.1) is 5.10 Å². The highest BCUT2D eigenvalue weighted by Gasteiger charge is 2.37. The van der Waals surface area contributed by atoms with Gasteiger partial charge in [0, 0.05) is 17.9 Å². The van der Waals surface area contributed by atoms with Crippen LogP contribution in [-0.4, -0.2) is 29.4 Å². The zero-order chi connectivity index (χ0) is 20.9. The molecule has 0 atom stereocenters. The molecule has 0 saturated heterocycles. The Balaban J connectivity index is 2.24. The van der Waals surface area contributed by atoms with E-state index in [1.807, 2.05) is 0 Å². The van der Waals surface area contributed by atoms with Gasteiger partial charge in [-0.1, -0.05) is 0 Å². The average Bonchev–Trinajstić information content (AvgIpc) is 3.01. The summed E-state index contributed by atoms with van der Waals surface area (Å²) in [5.74, 6) is -5.92. The Bertz CT molecular complexity index is 1170. The van der Waals surface area contributed by atoms with Crippen molar-refractivity contribution in [2.75, 3.05) is 6.26 Å². The smallest absolute Gasteiger partial charge is 0.224 e. The molecule has 3 aromatic rings. The Morgan fingerprint density at radius 2 is 1.61 bits per heavy atom. The molecule has 0 aliphatic carbocycles. The number of benzene rings is 2. The van der Waals surface area contributed by atoms with E-state index in [2.05, 4.69) is 10.1 Å². The van der Waals surface area contributed by atoms with Gasteiger partial charge in [0.15, 0.2) is 27.3 Å². The third-order valence-electron chi connectivity index (χ3n) is 3.60. The molecule has 1 aromatic heterocycles. The second-order valence-corrected chi connectivity index (χ2v) is 7.67. The minimum absolute atomic E-state index is 0.255. The molecule has 0 amide bonds. The van der Waals surface area contributed by atoms with Crippen molar-refractivity contribution in [1.29, 1.82) is 0 Å². The van der Waals surface area contributed by atoms with Crippen LogP contribution in [0.15, 0.2) is 41.3 Å². The molecule has 0 N–H and O–H groups in total. The molecule has 2 aromatic carbocycles. The quantitative estimate of drug-likeness (QED) is 0.604. The van der Waals surface area contributed by atoms with Crippen LogP contribution < -0.4 is 0 Å². The van der Waals surface area contributed by atoms with Crippen molar-refractivity contribution in [3.05, 3.63) is 59.7 Å². The summed E-state index contributed by atoms with van der Waals surface area (Å²) in [5, 5.41) is 3.26. The van der Waals surface area contributed by atoms with Crippen LogP contribution in [0.2, 0.25) is 0 Å². The molecular weight excluding hydrogens is 412 g/mol. The van der Waals surface area contributed by atoms with Crippen LogP contribution in [-0.2, 0) is 16.0 Å². The number of hydrogen-bond donors (Lipinski definition) is 0. The van der Waals surface area contributed by atoms with E-state index in [0.29, 0.717) is 22.9 Å². The second kappa shape index (κ2) is 6.62. The van der Waals surface area contributed by atoms with E-state index in [0.717, 1.165) is 24.5 Å². The van der Waals surface area contributed by atoms with E-state index in [1.54, 1.807) is 0 Å². The molecule has 1 heterocycles. The maximum Gasteiger partial charge on any atom is 0.453 e. The zero-order valence-electron chi connectivity index (χ0n) is 13.8. The van der Waals surface area contributed by atoms with Gasteiger partial charge in [0.2, 0.25) is 0 Å². The lowest BCUT2D eigenvalue weighted by molar-refractivity contribution is -0.144. The monoisotopic (exact) mass is 421 g/mol. The first-order chi connectivity index (χ1) is 12.9. The molecule has 5 nitrogen and oxygen atoms in total. The number of nitrogens with zero attached hydrogens (tertiary/aromatic N) is 3. The lowest BCUT2D eigenvalue weighted by Crippen LogP contribution is -2.09. The van der Waals surface area contributed by atoms with Gasteiger partial charge in [-0.3, -0.25) is 0 Å². The predicted octanol–water partition coefficient (Wildman–Crippen LogP) is 3.77. The summed E-state index contributed by atoms with van der Waals surface area (Å²) >= 11 is 0. The van der Waals surface area contributed by atoms with Crippen LogP contribution in [0.1, 0.15) is 5.82 Å². The molecule has 0 fully saturated rings. The first-order valence-corrected chi connectivity index (χ1v) is 9.27. The molecule has 0 bridgehead atoms. The third kappa shape index (κ3) is 3.72. The molecule has 0 aliphatic rings. The highest BCUT2D eigenvalue weighted by molar-refractivity contribution is 7.90. The normalized spacial score (nSPS) is 12.4. The van der Waals surface area contributed by atoms with Gasteiger partial charge in [-0.05, 0) is 30.3 Å². The number of aromatic nitrogens is 3. The van der Waals surface area contributed by atoms with Crippen molar-refractivity contribution in [3.63, 3.8) is 0 Å². The molecule has 0 saturated carbocycles. The number of halogens is 6. The maximum absolute atomic E-state index is 14.2. The van der Waals surface area contributed by atoms with Crippen molar-refractivity contribution < 1.29 is 34.8 Å². The van der Waals surface area contributed by atoms with Crippen LogP contribution >= 0.6 is 0 Å². The van der Waals surface area contributed by atoms with Crippen LogP contribution in [0.5, 0.6) is 0 Å². The minimum Gasteiger partial charge on any atom is -0.224 e. The lowest BCUT2D eigenvalue weighted by Gasteiger charge is -2.08. The van der Waals surface area contributed by atoms with Gasteiger partial charge >= 0.3 is 6.18 Å². The van der Waals surface area contributed by atoms with Crippen molar-refractivity contribution in [3.8, 4) is 17.1 Å². The van der Waals surface area contributed by atoms with Crippen LogP contribution in [0, 0.1) is 17.5 Å². The summed E-state index contributed by atoms with van der Waals surface area (Å²) in [6.07, 6.45) is -4.21. The first-order valence-electron chi connectivity index (χ1n) is 7.37. The molecular formula is C16H9F6N3O2S. The number of hydrogen-bond acceptors (Lipinski definition) is 4. The van der Waals surface area contributed by atoms with Gasteiger partial charge < -0.3 is 0 Å². The van der Waals surface area contributed by atoms with Crippen LogP contribution in [0.25, 0.3) is 17.1 Å². The highest BCUT2D eigenvalue weighted by atomic mass is 32.2. The predicted molar refractivity (Wildman–Crippen MR) is 84.8 cm³/mol. The summed E-state index contributed by atoms with van der Waals surface area (Å²) in [6, 6.07) is 4.78. The number of sulfone groups is 1. The van der Waals surface area contributed by atoms with Gasteiger partial charge in [0.25, 0.3) is 5.82 Å². The molecule has 0 spiro atoms. The Hall–Kier alpha value is -2.89. The van der Waals surface area contributed by atoms with Crippen molar-refractivity contribution in [2.45, 2.75) is 11.1 Å². The van der Waals surface area contributed by atoms with E-state index < -0.39 is 50.0 Å². The molecule has 3 rings (SSSR count). The lowest BCUT2D eigenvalue weighted by atomic mass is 10.2. The SMILES string of the molecule is CS(=O)(=O)c1ccc(-n2nc(C(F)(F)F)nc2-c2ccc(F)c(F)c2)cc1F. The third-order valence-corrected chi connectivity index (χ3v) is 4.73. The number of alkyl halides is 3. The van der Waals surface area contributed by atoms with E-state index in [1.165, 1.54) is 0 Å². The summed E-state index contributed by atoms with van der Waals surface area (Å²) in [4.78, 5) is 2.63. The van der Waals surface area contributed by atoms with Crippen molar-refractivity contribution >= 4 is 9.84 Å². The summed E-state index contributed by atoms with van der Waals surface area (Å²) < 4.78 is 103. The van der Waals surface area contributed by atoms with Crippen LogP contribution in [0.4, 0.5) is 26.3 Å². The summed E-state index contributed by atoms with van der Waals surface area (Å²) in [6.45, 7) is 0. The molecule has 0 aliphatic heterocycles. The van der Waals surface area contributed by atoms with E-state index in [-0.39, 0.29) is 11.3 Å².